The predicted molar refractivity (Wildman–Crippen MR) is 58.7 cm³/mol. The highest BCUT2D eigenvalue weighted by Gasteiger charge is 2.32. The third-order valence-corrected chi connectivity index (χ3v) is 2.85. The molecule has 0 aromatic rings. The lowest BCUT2D eigenvalue weighted by Gasteiger charge is -2.24. The quantitative estimate of drug-likeness (QED) is 0.729. The van der Waals surface area contributed by atoms with Gasteiger partial charge in [0.1, 0.15) is 12.4 Å². The Kier molecular flexibility index (Phi) is 4.59. The molecule has 15 heavy (non-hydrogen) atoms. The van der Waals surface area contributed by atoms with Gasteiger partial charge in [-0.1, -0.05) is 13.8 Å². The fourth-order valence-electron chi connectivity index (χ4n) is 2.02. The zero-order valence-electron chi connectivity index (χ0n) is 9.41. The van der Waals surface area contributed by atoms with Crippen molar-refractivity contribution in [1.82, 2.24) is 5.32 Å². The maximum atomic E-state index is 11.0. The molecule has 2 fully saturated rings. The molecule has 4 heteroatoms. The molecule has 0 aromatic heterocycles. The van der Waals surface area contributed by atoms with Crippen LogP contribution in [0.3, 0.4) is 0 Å². The van der Waals surface area contributed by atoms with Gasteiger partial charge in [0.2, 0.25) is 0 Å². The van der Waals surface area contributed by atoms with E-state index >= 15 is 0 Å². The summed E-state index contributed by atoms with van der Waals surface area (Å²) >= 11 is 0. The number of cyclic esters (lactones) is 1. The topological polar surface area (TPSA) is 55.4 Å². The summed E-state index contributed by atoms with van der Waals surface area (Å²) in [7, 11) is 0. The first kappa shape index (κ1) is 12.0. The standard InChI is InChI=1S/C9H13NO3.C2H6.H2/c11-7-3-1-6(2-4-7)8-5-13-9(12)10-8;1-2;/h6,8H,1-5H2,(H,10,12);1-2H3;1H. The van der Waals surface area contributed by atoms with Crippen molar-refractivity contribution in [3.05, 3.63) is 0 Å². The number of ether oxygens (including phenoxy) is 1. The molecule has 1 atom stereocenters. The Morgan fingerprint density at radius 3 is 2.33 bits per heavy atom. The maximum Gasteiger partial charge on any atom is 0.407 e. The summed E-state index contributed by atoms with van der Waals surface area (Å²) in [6.45, 7) is 4.47. The molecule has 1 aliphatic carbocycles. The van der Waals surface area contributed by atoms with E-state index in [4.69, 9.17) is 4.74 Å². The van der Waals surface area contributed by atoms with Crippen LogP contribution >= 0.6 is 0 Å². The fourth-order valence-corrected chi connectivity index (χ4v) is 2.02. The van der Waals surface area contributed by atoms with Crippen molar-refractivity contribution in [2.24, 2.45) is 5.92 Å². The van der Waals surface area contributed by atoms with Gasteiger partial charge >= 0.3 is 6.09 Å². The second kappa shape index (κ2) is 5.73. The molecule has 4 nitrogen and oxygen atoms in total. The minimum atomic E-state index is -0.318. The van der Waals surface area contributed by atoms with Crippen molar-refractivity contribution in [3.8, 4) is 0 Å². The van der Waals surface area contributed by atoms with Crippen molar-refractivity contribution in [2.45, 2.75) is 45.6 Å². The molecule has 2 aliphatic rings. The number of ketones is 1. The van der Waals surface area contributed by atoms with Gasteiger partial charge in [-0.2, -0.15) is 0 Å². The van der Waals surface area contributed by atoms with Gasteiger partial charge in [-0.15, -0.1) is 0 Å². The molecule has 1 amide bonds. The maximum absolute atomic E-state index is 11.0. The van der Waals surface area contributed by atoms with Crippen LogP contribution in [0, 0.1) is 5.92 Å². The Hall–Kier alpha value is -1.06. The second-order valence-corrected chi connectivity index (χ2v) is 3.73. The van der Waals surface area contributed by atoms with Gasteiger partial charge in [-0.25, -0.2) is 4.79 Å². The summed E-state index contributed by atoms with van der Waals surface area (Å²) < 4.78 is 4.81. The zero-order chi connectivity index (χ0) is 11.3. The smallest absolute Gasteiger partial charge is 0.407 e. The number of alkyl carbamates (subject to hydrolysis) is 1. The molecule has 88 valence electrons. The molecule has 0 radical (unpaired) electrons. The lowest BCUT2D eigenvalue weighted by molar-refractivity contribution is -0.121. The molecule has 0 spiro atoms. The van der Waals surface area contributed by atoms with E-state index in [-0.39, 0.29) is 13.6 Å². The number of hydrogen-bond acceptors (Lipinski definition) is 3. The van der Waals surface area contributed by atoms with Gasteiger partial charge in [-0.05, 0) is 18.8 Å². The lowest BCUT2D eigenvalue weighted by atomic mass is 9.84. The average molecular weight is 215 g/mol. The molecular weight excluding hydrogens is 194 g/mol. The van der Waals surface area contributed by atoms with Crippen LogP contribution in [0.4, 0.5) is 4.79 Å². The predicted octanol–water partition coefficient (Wildman–Crippen LogP) is 2.13. The molecule has 1 heterocycles. The third kappa shape index (κ3) is 3.22. The number of rotatable bonds is 1. The van der Waals surface area contributed by atoms with Gasteiger partial charge in [-0.3, -0.25) is 4.79 Å². The Morgan fingerprint density at radius 2 is 1.87 bits per heavy atom. The Labute approximate surface area is 91.9 Å². The number of carbonyl (C=O) groups excluding carboxylic acids is 2. The van der Waals surface area contributed by atoms with Crippen LogP contribution < -0.4 is 5.32 Å². The first-order valence-electron chi connectivity index (χ1n) is 5.70. The SMILES string of the molecule is CC.O=C1CCC(C2COC(=O)N2)CC1.[HH]. The Bertz CT molecular complexity index is 235. The molecule has 2 rings (SSSR count). The number of hydrogen-bond donors (Lipinski definition) is 1. The number of amides is 1. The molecule has 1 aliphatic heterocycles. The van der Waals surface area contributed by atoms with E-state index in [0.717, 1.165) is 12.8 Å². The van der Waals surface area contributed by atoms with Crippen molar-refractivity contribution in [2.75, 3.05) is 6.61 Å². The van der Waals surface area contributed by atoms with Gasteiger partial charge in [0, 0.05) is 14.3 Å². The first-order chi connectivity index (χ1) is 7.25. The Balaban J connectivity index is 0.000000711. The monoisotopic (exact) mass is 215 g/mol. The highest BCUT2D eigenvalue weighted by molar-refractivity contribution is 5.79. The van der Waals surface area contributed by atoms with Crippen LogP contribution in [0.1, 0.15) is 41.0 Å². The average Bonchev–Trinajstić information content (AvgIpc) is 2.69. The summed E-state index contributed by atoms with van der Waals surface area (Å²) in [5.74, 6) is 0.783. The first-order valence-corrected chi connectivity index (χ1v) is 5.70. The van der Waals surface area contributed by atoms with Crippen LogP contribution in [0.2, 0.25) is 0 Å². The summed E-state index contributed by atoms with van der Waals surface area (Å²) in [6, 6.07) is 0.139. The van der Waals surface area contributed by atoms with E-state index in [0.29, 0.717) is 31.1 Å². The largest absolute Gasteiger partial charge is 0.447 e. The molecule has 1 saturated carbocycles. The molecule has 1 saturated heterocycles. The summed E-state index contributed by atoms with van der Waals surface area (Å²) in [6.07, 6.45) is 2.80. The van der Waals surface area contributed by atoms with E-state index in [1.807, 2.05) is 13.8 Å². The van der Waals surface area contributed by atoms with Crippen LogP contribution in [0.5, 0.6) is 0 Å². The minimum absolute atomic E-state index is 0. The summed E-state index contributed by atoms with van der Waals surface area (Å²) in [5.41, 5.74) is 0. The second-order valence-electron chi connectivity index (χ2n) is 3.73. The summed E-state index contributed by atoms with van der Waals surface area (Å²) in [5, 5.41) is 2.77. The van der Waals surface area contributed by atoms with Crippen molar-refractivity contribution in [3.63, 3.8) is 0 Å². The normalized spacial score (nSPS) is 26.4. The van der Waals surface area contributed by atoms with Crippen molar-refractivity contribution < 1.29 is 15.8 Å². The van der Waals surface area contributed by atoms with Gasteiger partial charge < -0.3 is 10.1 Å². The van der Waals surface area contributed by atoms with Gasteiger partial charge in [0.15, 0.2) is 0 Å². The van der Waals surface area contributed by atoms with E-state index < -0.39 is 0 Å². The van der Waals surface area contributed by atoms with Crippen molar-refractivity contribution in [1.29, 1.82) is 0 Å². The van der Waals surface area contributed by atoms with E-state index in [1.54, 1.807) is 0 Å². The molecule has 0 aromatic carbocycles. The number of carbonyl (C=O) groups is 2. The molecule has 1 unspecified atom stereocenters. The number of nitrogens with one attached hydrogen (secondary N) is 1. The van der Waals surface area contributed by atoms with Crippen molar-refractivity contribution >= 4 is 11.9 Å². The van der Waals surface area contributed by atoms with E-state index in [2.05, 4.69) is 5.32 Å². The third-order valence-electron chi connectivity index (χ3n) is 2.85. The van der Waals surface area contributed by atoms with Crippen LogP contribution in [-0.4, -0.2) is 24.5 Å². The lowest BCUT2D eigenvalue weighted by Crippen LogP contribution is -2.36. The molecule has 0 bridgehead atoms. The minimum Gasteiger partial charge on any atom is -0.447 e. The number of Topliss-reactive ketones (excluding diaryl/α,β-unsaturated/α-hetero) is 1. The highest BCUT2D eigenvalue weighted by atomic mass is 16.6. The molecule has 1 N–H and O–H groups in total. The van der Waals surface area contributed by atoms with Gasteiger partial charge in [0.05, 0.1) is 6.04 Å². The summed E-state index contributed by atoms with van der Waals surface area (Å²) in [4.78, 5) is 21.7. The van der Waals surface area contributed by atoms with E-state index in [1.165, 1.54) is 0 Å². The highest BCUT2D eigenvalue weighted by Crippen LogP contribution is 2.26. The molecular formula is C11H21NO3. The fraction of sp³-hybridized carbons (Fsp3) is 0.818. The van der Waals surface area contributed by atoms with Crippen LogP contribution in [-0.2, 0) is 9.53 Å². The van der Waals surface area contributed by atoms with Crippen LogP contribution in [0.15, 0.2) is 0 Å². The van der Waals surface area contributed by atoms with Gasteiger partial charge in [0.25, 0.3) is 0 Å². The van der Waals surface area contributed by atoms with E-state index in [9.17, 15) is 9.59 Å². The van der Waals surface area contributed by atoms with Crippen LogP contribution in [0.25, 0.3) is 0 Å². The zero-order valence-corrected chi connectivity index (χ0v) is 9.41. The Morgan fingerprint density at radius 1 is 1.27 bits per heavy atom.